The van der Waals surface area contributed by atoms with Crippen LogP contribution in [0.3, 0.4) is 0 Å². The van der Waals surface area contributed by atoms with Crippen molar-refractivity contribution in [2.75, 3.05) is 6.54 Å². The van der Waals surface area contributed by atoms with E-state index in [4.69, 9.17) is 5.73 Å². The van der Waals surface area contributed by atoms with Gasteiger partial charge in [0.2, 0.25) is 5.91 Å². The van der Waals surface area contributed by atoms with Crippen LogP contribution in [0.5, 0.6) is 0 Å². The van der Waals surface area contributed by atoms with Crippen LogP contribution in [0.2, 0.25) is 0 Å². The van der Waals surface area contributed by atoms with Crippen molar-refractivity contribution in [2.24, 2.45) is 5.73 Å². The monoisotopic (exact) mass is 288 g/mol. The van der Waals surface area contributed by atoms with Crippen molar-refractivity contribution < 1.29 is 9.18 Å². The molecule has 19 heavy (non-hydrogen) atoms. The minimum atomic E-state index is -0.290. The van der Waals surface area contributed by atoms with Gasteiger partial charge in [-0.3, -0.25) is 4.79 Å². The standard InChI is InChI=1S/C14H21FN2O.ClH/c1-2-3-4-13(10-16)17-14(18)9-11-5-7-12(15)8-6-11;/h5-8,13H,2-4,9-10,16H2,1H3,(H,17,18);1H. The third kappa shape index (κ3) is 7.13. The lowest BCUT2D eigenvalue weighted by atomic mass is 10.1. The van der Waals surface area contributed by atoms with Gasteiger partial charge in [0.15, 0.2) is 0 Å². The van der Waals surface area contributed by atoms with E-state index in [2.05, 4.69) is 12.2 Å². The lowest BCUT2D eigenvalue weighted by molar-refractivity contribution is -0.121. The molecule has 0 bridgehead atoms. The number of carbonyl (C=O) groups excluding carboxylic acids is 1. The molecule has 1 unspecified atom stereocenters. The Kier molecular flexibility index (Phi) is 9.17. The number of hydrogen-bond donors (Lipinski definition) is 2. The lowest BCUT2D eigenvalue weighted by Crippen LogP contribution is -2.40. The van der Waals surface area contributed by atoms with Gasteiger partial charge in [0.05, 0.1) is 6.42 Å². The molecule has 0 fully saturated rings. The lowest BCUT2D eigenvalue weighted by Gasteiger charge is -2.16. The maximum atomic E-state index is 12.7. The van der Waals surface area contributed by atoms with E-state index in [-0.39, 0.29) is 36.6 Å². The van der Waals surface area contributed by atoms with E-state index in [0.29, 0.717) is 6.54 Å². The van der Waals surface area contributed by atoms with Gasteiger partial charge in [0.1, 0.15) is 5.82 Å². The number of nitrogens with one attached hydrogen (secondary N) is 1. The molecule has 0 aliphatic rings. The third-order valence-electron chi connectivity index (χ3n) is 2.83. The Hall–Kier alpha value is -1.13. The number of benzene rings is 1. The molecule has 1 rings (SSSR count). The van der Waals surface area contributed by atoms with Gasteiger partial charge in [-0.2, -0.15) is 0 Å². The summed E-state index contributed by atoms with van der Waals surface area (Å²) in [5.41, 5.74) is 6.42. The Bertz CT molecular complexity index is 370. The van der Waals surface area contributed by atoms with E-state index in [0.717, 1.165) is 24.8 Å². The summed E-state index contributed by atoms with van der Waals surface area (Å²) < 4.78 is 12.7. The highest BCUT2D eigenvalue weighted by molar-refractivity contribution is 5.85. The first-order valence-corrected chi connectivity index (χ1v) is 6.39. The average molecular weight is 289 g/mol. The molecule has 108 valence electrons. The van der Waals surface area contributed by atoms with E-state index >= 15 is 0 Å². The number of halogens is 2. The van der Waals surface area contributed by atoms with E-state index in [1.165, 1.54) is 12.1 Å². The summed E-state index contributed by atoms with van der Waals surface area (Å²) in [7, 11) is 0. The third-order valence-corrected chi connectivity index (χ3v) is 2.83. The predicted molar refractivity (Wildman–Crippen MR) is 77.9 cm³/mol. The highest BCUT2D eigenvalue weighted by atomic mass is 35.5. The van der Waals surface area contributed by atoms with Gasteiger partial charge in [0, 0.05) is 12.6 Å². The van der Waals surface area contributed by atoms with Crippen LogP contribution < -0.4 is 11.1 Å². The molecule has 5 heteroatoms. The predicted octanol–water partition coefficient (Wildman–Crippen LogP) is 2.42. The van der Waals surface area contributed by atoms with Crippen LogP contribution in [0.4, 0.5) is 4.39 Å². The van der Waals surface area contributed by atoms with E-state index in [1.807, 2.05) is 0 Å². The molecule has 0 saturated heterocycles. The van der Waals surface area contributed by atoms with Gasteiger partial charge in [-0.1, -0.05) is 31.9 Å². The summed E-state index contributed by atoms with van der Waals surface area (Å²) in [6.45, 7) is 2.56. The Balaban J connectivity index is 0.00000324. The minimum absolute atomic E-state index is 0. The van der Waals surface area contributed by atoms with Crippen LogP contribution in [0.1, 0.15) is 31.7 Å². The van der Waals surface area contributed by atoms with Crippen LogP contribution in [-0.4, -0.2) is 18.5 Å². The normalized spacial score (nSPS) is 11.5. The maximum absolute atomic E-state index is 12.7. The number of amides is 1. The van der Waals surface area contributed by atoms with E-state index in [1.54, 1.807) is 12.1 Å². The Morgan fingerprint density at radius 1 is 1.37 bits per heavy atom. The van der Waals surface area contributed by atoms with Crippen LogP contribution in [0.15, 0.2) is 24.3 Å². The molecule has 3 nitrogen and oxygen atoms in total. The van der Waals surface area contributed by atoms with Crippen molar-refractivity contribution >= 4 is 18.3 Å². The molecule has 0 radical (unpaired) electrons. The second kappa shape index (κ2) is 9.75. The number of carbonyl (C=O) groups is 1. The first kappa shape index (κ1) is 17.9. The highest BCUT2D eigenvalue weighted by Gasteiger charge is 2.10. The van der Waals surface area contributed by atoms with Crippen molar-refractivity contribution in [2.45, 2.75) is 38.6 Å². The summed E-state index contributed by atoms with van der Waals surface area (Å²) in [6.07, 6.45) is 3.31. The Labute approximate surface area is 120 Å². The summed E-state index contributed by atoms with van der Waals surface area (Å²) in [5, 5.41) is 2.91. The quantitative estimate of drug-likeness (QED) is 0.810. The van der Waals surface area contributed by atoms with Gasteiger partial charge in [-0.05, 0) is 24.1 Å². The summed E-state index contributed by atoms with van der Waals surface area (Å²) >= 11 is 0. The molecule has 0 heterocycles. The summed E-state index contributed by atoms with van der Waals surface area (Å²) in [6, 6.07) is 6.01. The fraction of sp³-hybridized carbons (Fsp3) is 0.500. The number of nitrogens with two attached hydrogens (primary N) is 1. The number of unbranched alkanes of at least 4 members (excludes halogenated alkanes) is 1. The zero-order chi connectivity index (χ0) is 13.4. The van der Waals surface area contributed by atoms with Crippen LogP contribution >= 0.6 is 12.4 Å². The minimum Gasteiger partial charge on any atom is -0.352 e. The van der Waals surface area contributed by atoms with Crippen molar-refractivity contribution in [1.82, 2.24) is 5.32 Å². The van der Waals surface area contributed by atoms with Gasteiger partial charge < -0.3 is 11.1 Å². The second-order valence-corrected chi connectivity index (χ2v) is 4.45. The molecule has 0 spiro atoms. The molecule has 0 saturated carbocycles. The molecule has 0 aliphatic heterocycles. The highest BCUT2D eigenvalue weighted by Crippen LogP contribution is 2.04. The smallest absolute Gasteiger partial charge is 0.224 e. The van der Waals surface area contributed by atoms with Crippen molar-refractivity contribution in [3.8, 4) is 0 Å². The second-order valence-electron chi connectivity index (χ2n) is 4.45. The molecule has 1 amide bonds. The summed E-state index contributed by atoms with van der Waals surface area (Å²) in [5.74, 6) is -0.352. The fourth-order valence-corrected chi connectivity index (χ4v) is 1.77. The molecule has 1 atom stereocenters. The number of hydrogen-bond acceptors (Lipinski definition) is 2. The molecular weight excluding hydrogens is 267 g/mol. The first-order chi connectivity index (χ1) is 8.65. The van der Waals surface area contributed by atoms with Crippen molar-refractivity contribution in [1.29, 1.82) is 0 Å². The topological polar surface area (TPSA) is 55.1 Å². The maximum Gasteiger partial charge on any atom is 0.224 e. The Morgan fingerprint density at radius 3 is 2.53 bits per heavy atom. The zero-order valence-electron chi connectivity index (χ0n) is 11.2. The van der Waals surface area contributed by atoms with Gasteiger partial charge in [-0.25, -0.2) is 4.39 Å². The summed E-state index contributed by atoms with van der Waals surface area (Å²) in [4.78, 5) is 11.8. The number of rotatable bonds is 7. The fourth-order valence-electron chi connectivity index (χ4n) is 1.77. The van der Waals surface area contributed by atoms with Gasteiger partial charge in [0.25, 0.3) is 0 Å². The van der Waals surface area contributed by atoms with E-state index in [9.17, 15) is 9.18 Å². The SMILES string of the molecule is CCCCC(CN)NC(=O)Cc1ccc(F)cc1.Cl. The molecule has 0 aromatic heterocycles. The molecular formula is C14H22ClFN2O. The Morgan fingerprint density at radius 2 is 2.00 bits per heavy atom. The van der Waals surface area contributed by atoms with Crippen LogP contribution in [0, 0.1) is 5.82 Å². The molecule has 3 N–H and O–H groups in total. The van der Waals surface area contributed by atoms with Gasteiger partial charge >= 0.3 is 0 Å². The zero-order valence-corrected chi connectivity index (χ0v) is 12.0. The first-order valence-electron chi connectivity index (χ1n) is 6.39. The molecule has 0 aliphatic carbocycles. The average Bonchev–Trinajstić information content (AvgIpc) is 2.37. The van der Waals surface area contributed by atoms with Gasteiger partial charge in [-0.15, -0.1) is 12.4 Å². The largest absolute Gasteiger partial charge is 0.352 e. The van der Waals surface area contributed by atoms with E-state index < -0.39 is 0 Å². The molecule has 1 aromatic carbocycles. The van der Waals surface area contributed by atoms with Crippen LogP contribution in [-0.2, 0) is 11.2 Å². The molecule has 1 aromatic rings. The van der Waals surface area contributed by atoms with Crippen molar-refractivity contribution in [3.63, 3.8) is 0 Å². The van der Waals surface area contributed by atoms with Crippen molar-refractivity contribution in [3.05, 3.63) is 35.6 Å². The van der Waals surface area contributed by atoms with Crippen LogP contribution in [0.25, 0.3) is 0 Å².